The molecule has 1 aliphatic heterocycles. The van der Waals surface area contributed by atoms with Gasteiger partial charge in [-0.3, -0.25) is 19.3 Å². The lowest BCUT2D eigenvalue weighted by atomic mass is 10.0. The second-order valence-corrected chi connectivity index (χ2v) is 8.08. The summed E-state index contributed by atoms with van der Waals surface area (Å²) < 4.78 is 5.12. The van der Waals surface area contributed by atoms with Crippen molar-refractivity contribution >= 4 is 23.7 Å². The molecule has 1 aromatic carbocycles. The highest BCUT2D eigenvalue weighted by atomic mass is 16.5. The first kappa shape index (κ1) is 20.6. The zero-order chi connectivity index (χ0) is 20.4. The summed E-state index contributed by atoms with van der Waals surface area (Å²) in [6, 6.07) is 5.38. The van der Waals surface area contributed by atoms with Gasteiger partial charge in [-0.1, -0.05) is 26.0 Å². The number of nitrogens with one attached hydrogen (secondary N) is 1. The quantitative estimate of drug-likeness (QED) is 0.608. The fourth-order valence-electron chi connectivity index (χ4n) is 2.93. The summed E-state index contributed by atoms with van der Waals surface area (Å²) >= 11 is 0. The van der Waals surface area contributed by atoms with Crippen LogP contribution in [0.15, 0.2) is 24.3 Å². The van der Waals surface area contributed by atoms with E-state index in [1.807, 2.05) is 34.6 Å². The van der Waals surface area contributed by atoms with Crippen molar-refractivity contribution in [2.75, 3.05) is 6.61 Å². The van der Waals surface area contributed by atoms with Gasteiger partial charge in [-0.2, -0.15) is 0 Å². The zero-order valence-electron chi connectivity index (χ0n) is 16.4. The number of hydrogen-bond donors (Lipinski definition) is 1. The Bertz CT molecular complexity index is 729. The van der Waals surface area contributed by atoms with Gasteiger partial charge in [0.2, 0.25) is 0 Å². The number of benzene rings is 1. The molecule has 0 aliphatic carbocycles. The summed E-state index contributed by atoms with van der Waals surface area (Å²) in [6.07, 6.45) is 0.255. The van der Waals surface area contributed by atoms with Crippen LogP contribution in [0.25, 0.3) is 0 Å². The van der Waals surface area contributed by atoms with Crippen molar-refractivity contribution in [1.82, 2.24) is 10.2 Å². The largest absolute Gasteiger partial charge is 0.454 e. The van der Waals surface area contributed by atoms with Gasteiger partial charge in [0.15, 0.2) is 6.61 Å². The number of imide groups is 1. The van der Waals surface area contributed by atoms with E-state index in [-0.39, 0.29) is 23.5 Å². The average Bonchev–Trinajstić information content (AvgIpc) is 2.80. The average molecular weight is 374 g/mol. The van der Waals surface area contributed by atoms with E-state index in [1.54, 1.807) is 24.3 Å². The van der Waals surface area contributed by atoms with Crippen molar-refractivity contribution in [2.45, 2.75) is 52.6 Å². The molecular weight excluding hydrogens is 348 g/mol. The van der Waals surface area contributed by atoms with Crippen molar-refractivity contribution < 1.29 is 23.9 Å². The first-order valence-corrected chi connectivity index (χ1v) is 8.96. The number of ether oxygens (including phenoxy) is 1. The van der Waals surface area contributed by atoms with Crippen LogP contribution in [0, 0.1) is 5.92 Å². The molecule has 0 unspecified atom stereocenters. The third-order valence-electron chi connectivity index (χ3n) is 3.96. The van der Waals surface area contributed by atoms with Crippen LogP contribution >= 0.6 is 0 Å². The minimum absolute atomic E-state index is 0.0373. The Kier molecular flexibility index (Phi) is 6.03. The van der Waals surface area contributed by atoms with E-state index < -0.39 is 41.9 Å². The maximum absolute atomic E-state index is 12.7. The third-order valence-corrected chi connectivity index (χ3v) is 3.96. The zero-order valence-corrected chi connectivity index (χ0v) is 16.4. The van der Waals surface area contributed by atoms with Crippen LogP contribution in [0.4, 0.5) is 0 Å². The van der Waals surface area contributed by atoms with Crippen LogP contribution < -0.4 is 5.32 Å². The molecule has 146 valence electrons. The standard InChI is InChI=1S/C20H26N2O5/c1-12(2)10-15(19(26)27-11-16(23)21-20(3,4)5)22-17(24)13-8-6-7-9-14(13)18(22)25/h6-9,12,15H,10-11H2,1-5H3,(H,21,23)/t15-/m1/s1. The minimum Gasteiger partial charge on any atom is -0.454 e. The molecule has 0 bridgehead atoms. The molecule has 1 heterocycles. The van der Waals surface area contributed by atoms with E-state index in [0.717, 1.165) is 4.90 Å². The van der Waals surface area contributed by atoms with Crippen LogP contribution in [0.5, 0.6) is 0 Å². The molecule has 7 nitrogen and oxygen atoms in total. The molecular formula is C20H26N2O5. The molecule has 0 aromatic heterocycles. The molecule has 0 radical (unpaired) electrons. The number of hydrogen-bond acceptors (Lipinski definition) is 5. The molecule has 0 saturated heterocycles. The van der Waals surface area contributed by atoms with Crippen LogP contribution in [-0.4, -0.2) is 46.8 Å². The number of amides is 3. The molecule has 27 heavy (non-hydrogen) atoms. The van der Waals surface area contributed by atoms with Gasteiger partial charge in [-0.25, -0.2) is 4.79 Å². The fourth-order valence-corrected chi connectivity index (χ4v) is 2.93. The molecule has 0 saturated carbocycles. The summed E-state index contributed by atoms with van der Waals surface area (Å²) in [7, 11) is 0. The monoisotopic (exact) mass is 374 g/mol. The van der Waals surface area contributed by atoms with Crippen molar-refractivity contribution in [2.24, 2.45) is 5.92 Å². The molecule has 0 spiro atoms. The second kappa shape index (κ2) is 7.90. The molecule has 1 N–H and O–H groups in total. The van der Waals surface area contributed by atoms with Gasteiger partial charge < -0.3 is 10.1 Å². The van der Waals surface area contributed by atoms with Crippen LogP contribution in [0.3, 0.4) is 0 Å². The van der Waals surface area contributed by atoms with E-state index in [4.69, 9.17) is 4.74 Å². The minimum atomic E-state index is -1.07. The Morgan fingerprint density at radius 2 is 1.59 bits per heavy atom. The van der Waals surface area contributed by atoms with Crippen LogP contribution in [0.1, 0.15) is 61.8 Å². The number of fused-ring (bicyclic) bond motifs is 1. The SMILES string of the molecule is CC(C)C[C@H](C(=O)OCC(=O)NC(C)(C)C)N1C(=O)c2ccccc2C1=O. The Balaban J connectivity index is 2.16. The van der Waals surface area contributed by atoms with Crippen LogP contribution in [-0.2, 0) is 14.3 Å². The first-order valence-electron chi connectivity index (χ1n) is 8.96. The van der Waals surface area contributed by atoms with Gasteiger partial charge in [0.1, 0.15) is 6.04 Å². The van der Waals surface area contributed by atoms with Gasteiger partial charge in [-0.05, 0) is 45.2 Å². The lowest BCUT2D eigenvalue weighted by molar-refractivity contribution is -0.153. The molecule has 1 atom stereocenters. The Hall–Kier alpha value is -2.70. The van der Waals surface area contributed by atoms with Crippen molar-refractivity contribution in [3.05, 3.63) is 35.4 Å². The smallest absolute Gasteiger partial charge is 0.329 e. The predicted octanol–water partition coefficient (Wildman–Crippen LogP) is 2.16. The van der Waals surface area contributed by atoms with Gasteiger partial charge in [-0.15, -0.1) is 0 Å². The summed E-state index contributed by atoms with van der Waals surface area (Å²) in [6.45, 7) is 8.73. The van der Waals surface area contributed by atoms with Gasteiger partial charge in [0.25, 0.3) is 17.7 Å². The molecule has 3 amide bonds. The Morgan fingerprint density at radius 1 is 1.07 bits per heavy atom. The number of rotatable bonds is 6. The van der Waals surface area contributed by atoms with Crippen LogP contribution in [0.2, 0.25) is 0 Å². The van der Waals surface area contributed by atoms with E-state index >= 15 is 0 Å². The van der Waals surface area contributed by atoms with Crippen molar-refractivity contribution in [3.8, 4) is 0 Å². The summed E-state index contributed by atoms with van der Waals surface area (Å²) in [5.74, 6) is -2.20. The lowest BCUT2D eigenvalue weighted by Gasteiger charge is -2.26. The summed E-state index contributed by atoms with van der Waals surface area (Å²) in [5, 5.41) is 2.69. The molecule has 2 rings (SSSR count). The highest BCUT2D eigenvalue weighted by Gasteiger charge is 2.43. The maximum atomic E-state index is 12.7. The maximum Gasteiger partial charge on any atom is 0.329 e. The van der Waals surface area contributed by atoms with E-state index in [2.05, 4.69) is 5.32 Å². The van der Waals surface area contributed by atoms with E-state index in [9.17, 15) is 19.2 Å². The molecule has 1 aliphatic rings. The normalized spacial score (nSPS) is 15.0. The number of esters is 1. The van der Waals surface area contributed by atoms with Crippen molar-refractivity contribution in [3.63, 3.8) is 0 Å². The highest BCUT2D eigenvalue weighted by Crippen LogP contribution is 2.27. The second-order valence-electron chi connectivity index (χ2n) is 8.08. The Morgan fingerprint density at radius 3 is 2.04 bits per heavy atom. The lowest BCUT2D eigenvalue weighted by Crippen LogP contribution is -2.48. The molecule has 0 fully saturated rings. The highest BCUT2D eigenvalue weighted by molar-refractivity contribution is 6.22. The number of carbonyl (C=O) groups excluding carboxylic acids is 4. The van der Waals surface area contributed by atoms with Gasteiger partial charge in [0.05, 0.1) is 11.1 Å². The van der Waals surface area contributed by atoms with Gasteiger partial charge >= 0.3 is 5.97 Å². The van der Waals surface area contributed by atoms with E-state index in [0.29, 0.717) is 0 Å². The van der Waals surface area contributed by atoms with Gasteiger partial charge in [0, 0.05) is 5.54 Å². The molecule has 1 aromatic rings. The number of carbonyl (C=O) groups is 4. The van der Waals surface area contributed by atoms with E-state index in [1.165, 1.54) is 0 Å². The fraction of sp³-hybridized carbons (Fsp3) is 0.500. The topological polar surface area (TPSA) is 92.8 Å². The third kappa shape index (κ3) is 4.93. The summed E-state index contributed by atoms with van der Waals surface area (Å²) in [4.78, 5) is 50.8. The predicted molar refractivity (Wildman–Crippen MR) is 99.0 cm³/mol. The molecule has 7 heteroatoms. The Labute approximate surface area is 159 Å². The van der Waals surface area contributed by atoms with Crippen molar-refractivity contribution in [1.29, 1.82) is 0 Å². The first-order chi connectivity index (χ1) is 12.5. The summed E-state index contributed by atoms with van der Waals surface area (Å²) in [5.41, 5.74) is 0.0904. The number of nitrogens with zero attached hydrogens (tertiary/aromatic N) is 1.